The second-order valence-electron chi connectivity index (χ2n) is 9.38. The summed E-state index contributed by atoms with van der Waals surface area (Å²) in [6.07, 6.45) is -1.83. The number of nitrogens with one attached hydrogen (secondary N) is 2. The number of nitrogens with zero attached hydrogens (tertiary/aromatic N) is 1. The lowest BCUT2D eigenvalue weighted by atomic mass is 9.87. The summed E-state index contributed by atoms with van der Waals surface area (Å²) in [5, 5.41) is 16.2. The third-order valence-electron chi connectivity index (χ3n) is 6.71. The van der Waals surface area contributed by atoms with Crippen LogP contribution in [0.4, 0.5) is 33.3 Å². The van der Waals surface area contributed by atoms with Gasteiger partial charge in [-0.25, -0.2) is 13.8 Å². The van der Waals surface area contributed by atoms with Crippen LogP contribution < -0.4 is 10.6 Å². The van der Waals surface area contributed by atoms with E-state index in [-0.39, 0.29) is 46.7 Å². The van der Waals surface area contributed by atoms with Gasteiger partial charge in [0.05, 0.1) is 34.7 Å². The number of aromatic nitrogens is 1. The summed E-state index contributed by atoms with van der Waals surface area (Å²) < 4.78 is 70.5. The van der Waals surface area contributed by atoms with Crippen molar-refractivity contribution in [2.45, 2.75) is 63.8 Å². The van der Waals surface area contributed by atoms with Gasteiger partial charge in [0.1, 0.15) is 11.6 Å². The summed E-state index contributed by atoms with van der Waals surface area (Å²) in [5.41, 5.74) is -2.72. The minimum atomic E-state index is -4.87. The molecule has 0 fully saturated rings. The molecule has 38 heavy (non-hydrogen) atoms. The normalized spacial score (nSPS) is 14.7. The Kier molecular flexibility index (Phi) is 8.01. The number of benzene rings is 2. The smallest absolute Gasteiger partial charge is 0.376 e. The van der Waals surface area contributed by atoms with Gasteiger partial charge < -0.3 is 15.7 Å². The molecule has 0 bridgehead atoms. The molecule has 4 rings (SSSR count). The van der Waals surface area contributed by atoms with Gasteiger partial charge in [-0.05, 0) is 48.7 Å². The molecule has 1 amide bonds. The highest BCUT2D eigenvalue weighted by Crippen LogP contribution is 2.43. The Balaban J connectivity index is 1.63. The van der Waals surface area contributed by atoms with Crippen molar-refractivity contribution in [3.8, 4) is 11.3 Å². The Morgan fingerprint density at radius 3 is 2.26 bits per heavy atom. The van der Waals surface area contributed by atoms with Gasteiger partial charge in [0.15, 0.2) is 5.60 Å². The minimum Gasteiger partial charge on any atom is -0.376 e. The predicted octanol–water partition coefficient (Wildman–Crippen LogP) is 7.12. The van der Waals surface area contributed by atoms with Crippen LogP contribution in [0.15, 0.2) is 48.5 Å². The van der Waals surface area contributed by atoms with Crippen LogP contribution in [0.3, 0.4) is 0 Å². The molecule has 0 spiro atoms. The topological polar surface area (TPSA) is 74.2 Å². The molecule has 202 valence electrons. The number of amides is 1. The van der Waals surface area contributed by atoms with Crippen molar-refractivity contribution in [1.82, 2.24) is 10.3 Å². The number of anilines is 2. The largest absolute Gasteiger partial charge is 0.421 e. The van der Waals surface area contributed by atoms with E-state index in [1.165, 1.54) is 36.4 Å². The lowest BCUT2D eigenvalue weighted by Crippen LogP contribution is -2.42. The number of halogens is 5. The number of aliphatic hydroxyl groups is 1. The van der Waals surface area contributed by atoms with Crippen LogP contribution in [0.1, 0.15) is 67.1 Å². The van der Waals surface area contributed by atoms with E-state index in [9.17, 15) is 31.9 Å². The van der Waals surface area contributed by atoms with Gasteiger partial charge in [-0.3, -0.25) is 4.79 Å². The number of alkyl halides is 3. The number of carbonyl (C=O) groups is 1. The van der Waals surface area contributed by atoms with Crippen LogP contribution in [0.2, 0.25) is 0 Å². The fourth-order valence-corrected chi connectivity index (χ4v) is 4.62. The number of pyridine rings is 1. The van der Waals surface area contributed by atoms with Crippen LogP contribution in [0.25, 0.3) is 11.3 Å². The van der Waals surface area contributed by atoms with Crippen LogP contribution in [0.5, 0.6) is 0 Å². The molecule has 1 aliphatic heterocycles. The zero-order chi connectivity index (χ0) is 27.5. The van der Waals surface area contributed by atoms with E-state index in [0.29, 0.717) is 12.1 Å². The summed E-state index contributed by atoms with van der Waals surface area (Å²) in [6, 6.07) is 9.80. The third kappa shape index (κ3) is 5.50. The van der Waals surface area contributed by atoms with Crippen LogP contribution in [-0.4, -0.2) is 22.2 Å². The van der Waals surface area contributed by atoms with Gasteiger partial charge in [0.25, 0.3) is 5.91 Å². The predicted molar refractivity (Wildman–Crippen MR) is 134 cm³/mol. The van der Waals surface area contributed by atoms with Crippen molar-refractivity contribution < 1.29 is 31.9 Å². The summed E-state index contributed by atoms with van der Waals surface area (Å²) in [7, 11) is 0. The minimum absolute atomic E-state index is 0.0375. The van der Waals surface area contributed by atoms with Crippen molar-refractivity contribution in [3.05, 3.63) is 77.0 Å². The molecule has 1 unspecified atom stereocenters. The maximum absolute atomic E-state index is 14.4. The summed E-state index contributed by atoms with van der Waals surface area (Å²) in [6.45, 7) is 2.07. The van der Waals surface area contributed by atoms with E-state index in [1.807, 2.05) is 6.92 Å². The second kappa shape index (κ2) is 11.1. The molecule has 2 aromatic carbocycles. The quantitative estimate of drug-likeness (QED) is 0.192. The van der Waals surface area contributed by atoms with Crippen LogP contribution in [-0.2, 0) is 12.1 Å². The summed E-state index contributed by atoms with van der Waals surface area (Å²) >= 11 is 0. The highest BCUT2D eigenvalue weighted by molar-refractivity contribution is 6.04. The average Bonchev–Trinajstić information content (AvgIpc) is 3.24. The number of unbranched alkanes of at least 4 members (excludes halogenated alkanes) is 4. The summed E-state index contributed by atoms with van der Waals surface area (Å²) in [4.78, 5) is 16.7. The highest BCUT2D eigenvalue weighted by atomic mass is 19.4. The number of rotatable bonds is 10. The Morgan fingerprint density at radius 1 is 0.974 bits per heavy atom. The van der Waals surface area contributed by atoms with E-state index in [2.05, 4.69) is 15.6 Å². The monoisotopic (exact) mass is 533 g/mol. The molecule has 0 aliphatic carbocycles. The number of fused-ring (bicyclic) bond motifs is 1. The number of carbonyl (C=O) groups excluding carboxylic acids is 1. The molecular formula is C28H28F5N3O2. The van der Waals surface area contributed by atoms with E-state index in [1.54, 1.807) is 0 Å². The maximum atomic E-state index is 14.4. The average molecular weight is 534 g/mol. The first kappa shape index (κ1) is 27.5. The first-order chi connectivity index (χ1) is 18.0. The molecule has 0 radical (unpaired) electrons. The van der Waals surface area contributed by atoms with E-state index in [4.69, 9.17) is 0 Å². The zero-order valence-corrected chi connectivity index (χ0v) is 20.8. The molecule has 10 heteroatoms. The molecule has 3 N–H and O–H groups in total. The molecule has 5 nitrogen and oxygen atoms in total. The second-order valence-corrected chi connectivity index (χ2v) is 9.38. The highest BCUT2D eigenvalue weighted by Gasteiger charge is 2.54. The molecule has 1 atom stereocenters. The lowest BCUT2D eigenvalue weighted by molar-refractivity contribution is -0.269. The Labute approximate surface area is 217 Å². The van der Waals surface area contributed by atoms with Crippen LogP contribution >= 0.6 is 0 Å². The van der Waals surface area contributed by atoms with Crippen molar-refractivity contribution >= 4 is 17.3 Å². The van der Waals surface area contributed by atoms with Gasteiger partial charge in [-0.15, -0.1) is 0 Å². The third-order valence-corrected chi connectivity index (χ3v) is 6.71. The van der Waals surface area contributed by atoms with Gasteiger partial charge in [-0.1, -0.05) is 50.8 Å². The molecule has 1 aliphatic rings. The van der Waals surface area contributed by atoms with Gasteiger partial charge >= 0.3 is 6.18 Å². The molecule has 3 aromatic rings. The Bertz CT molecular complexity index is 1290. The first-order valence-electron chi connectivity index (χ1n) is 12.5. The van der Waals surface area contributed by atoms with E-state index < -0.39 is 35.7 Å². The standard InChI is InChI=1S/C28H28F5N3O2/c1-2-3-4-5-6-14-27(38,28(31,32)33)17-10-12-18(13-11-17)35-22-15-21(24-19(29)8-7-9-20(24)30)36-23-16-34-26(37)25(22)23/h7-13,15,38H,2-6,14,16H2,1H3,(H,34,37)(H,35,36). The van der Waals surface area contributed by atoms with Crippen molar-refractivity contribution in [3.63, 3.8) is 0 Å². The molecule has 1 aromatic heterocycles. The number of hydrogen-bond donors (Lipinski definition) is 3. The van der Waals surface area contributed by atoms with Crippen LogP contribution in [0, 0.1) is 11.6 Å². The molecular weight excluding hydrogens is 505 g/mol. The zero-order valence-electron chi connectivity index (χ0n) is 20.8. The SMILES string of the molecule is CCCCCCCC(O)(c1ccc(Nc2cc(-c3c(F)cccc3F)nc3c2C(=O)NC3)cc1)C(F)(F)F. The van der Waals surface area contributed by atoms with E-state index in [0.717, 1.165) is 31.4 Å². The number of hydrogen-bond acceptors (Lipinski definition) is 4. The Hall–Kier alpha value is -3.53. The van der Waals surface area contributed by atoms with Gasteiger partial charge in [0, 0.05) is 5.69 Å². The maximum Gasteiger partial charge on any atom is 0.421 e. The fourth-order valence-electron chi connectivity index (χ4n) is 4.62. The van der Waals surface area contributed by atoms with Crippen molar-refractivity contribution in [2.75, 3.05) is 5.32 Å². The van der Waals surface area contributed by atoms with Gasteiger partial charge in [0.2, 0.25) is 0 Å². The lowest BCUT2D eigenvalue weighted by Gasteiger charge is -2.31. The molecule has 0 saturated heterocycles. The fraction of sp³-hybridized carbons (Fsp3) is 0.357. The van der Waals surface area contributed by atoms with Gasteiger partial charge in [-0.2, -0.15) is 13.2 Å². The molecule has 0 saturated carbocycles. The van der Waals surface area contributed by atoms with Crippen molar-refractivity contribution in [2.24, 2.45) is 0 Å². The molecule has 2 heterocycles. The first-order valence-corrected chi connectivity index (χ1v) is 12.5. The Morgan fingerprint density at radius 2 is 1.63 bits per heavy atom. The van der Waals surface area contributed by atoms with Crippen molar-refractivity contribution in [1.29, 1.82) is 0 Å². The summed E-state index contributed by atoms with van der Waals surface area (Å²) in [5.74, 6) is -2.10. The van der Waals surface area contributed by atoms with E-state index >= 15 is 0 Å².